The number of rotatable bonds is 4. The van der Waals surface area contributed by atoms with E-state index in [1.807, 2.05) is 12.1 Å². The molecule has 2 aromatic rings. The third-order valence-corrected chi connectivity index (χ3v) is 7.17. The molecule has 2 aliphatic rings. The first kappa shape index (κ1) is 18.7. The summed E-state index contributed by atoms with van der Waals surface area (Å²) >= 11 is 0. The number of sulfonamides is 1. The molecule has 8 nitrogen and oxygen atoms in total. The molecular formula is C19H20N2O6S. The Balaban J connectivity index is 1.72. The van der Waals surface area contributed by atoms with Gasteiger partial charge in [0.1, 0.15) is 13.2 Å². The normalized spacial score (nSPS) is 19.5. The Morgan fingerprint density at radius 2 is 1.86 bits per heavy atom. The molecule has 0 bridgehead atoms. The number of hydrogen-bond donors (Lipinski definition) is 0. The van der Waals surface area contributed by atoms with Gasteiger partial charge in [0.25, 0.3) is 5.69 Å². The van der Waals surface area contributed by atoms with Crippen LogP contribution in [0.15, 0.2) is 41.3 Å². The average molecular weight is 404 g/mol. The number of ether oxygens (including phenoxy) is 2. The molecule has 28 heavy (non-hydrogen) atoms. The maximum Gasteiger partial charge on any atom is 0.270 e. The monoisotopic (exact) mass is 404 g/mol. The summed E-state index contributed by atoms with van der Waals surface area (Å²) in [7, 11) is -3.89. The van der Waals surface area contributed by atoms with Crippen molar-refractivity contribution in [3.05, 3.63) is 57.6 Å². The summed E-state index contributed by atoms with van der Waals surface area (Å²) < 4.78 is 39.3. The van der Waals surface area contributed by atoms with Gasteiger partial charge in [-0.1, -0.05) is 12.1 Å². The highest BCUT2D eigenvalue weighted by Crippen LogP contribution is 2.41. The highest BCUT2D eigenvalue weighted by atomic mass is 32.2. The predicted molar refractivity (Wildman–Crippen MR) is 101 cm³/mol. The first-order valence-corrected chi connectivity index (χ1v) is 10.5. The van der Waals surface area contributed by atoms with E-state index in [9.17, 15) is 18.5 Å². The summed E-state index contributed by atoms with van der Waals surface area (Å²) in [5.74, 6) is 1.26. The maximum atomic E-state index is 13.3. The quantitative estimate of drug-likeness (QED) is 0.573. The molecule has 0 amide bonds. The van der Waals surface area contributed by atoms with Crippen molar-refractivity contribution in [1.29, 1.82) is 0 Å². The average Bonchev–Trinajstić information content (AvgIpc) is 3.18. The van der Waals surface area contributed by atoms with Crippen LogP contribution in [-0.2, 0) is 10.0 Å². The lowest BCUT2D eigenvalue weighted by Crippen LogP contribution is -2.31. The van der Waals surface area contributed by atoms with Crippen LogP contribution in [0.5, 0.6) is 11.5 Å². The summed E-state index contributed by atoms with van der Waals surface area (Å²) in [6.07, 6.45) is 1.39. The van der Waals surface area contributed by atoms with Crippen molar-refractivity contribution < 1.29 is 22.8 Å². The second-order valence-electron chi connectivity index (χ2n) is 6.88. The van der Waals surface area contributed by atoms with Crippen molar-refractivity contribution in [2.24, 2.45) is 0 Å². The predicted octanol–water partition coefficient (Wildman–Crippen LogP) is 3.20. The van der Waals surface area contributed by atoms with Gasteiger partial charge in [-0.2, -0.15) is 4.31 Å². The minimum Gasteiger partial charge on any atom is -0.486 e. The lowest BCUT2D eigenvalue weighted by molar-refractivity contribution is -0.385. The van der Waals surface area contributed by atoms with E-state index in [-0.39, 0.29) is 16.6 Å². The molecule has 0 spiro atoms. The van der Waals surface area contributed by atoms with Crippen molar-refractivity contribution in [1.82, 2.24) is 4.31 Å². The fourth-order valence-electron chi connectivity index (χ4n) is 3.73. The number of nitro groups is 1. The van der Waals surface area contributed by atoms with Crippen LogP contribution >= 0.6 is 0 Å². The van der Waals surface area contributed by atoms with Gasteiger partial charge in [0.2, 0.25) is 10.0 Å². The molecule has 0 unspecified atom stereocenters. The summed E-state index contributed by atoms with van der Waals surface area (Å²) in [5.41, 5.74) is 1.08. The first-order chi connectivity index (χ1) is 13.4. The third-order valence-electron chi connectivity index (χ3n) is 5.12. The van der Waals surface area contributed by atoms with Gasteiger partial charge < -0.3 is 9.47 Å². The molecule has 9 heteroatoms. The van der Waals surface area contributed by atoms with Gasteiger partial charge in [-0.15, -0.1) is 0 Å². The number of hydrogen-bond acceptors (Lipinski definition) is 6. The van der Waals surface area contributed by atoms with E-state index < -0.39 is 14.9 Å². The Kier molecular flexibility index (Phi) is 4.72. The molecule has 1 saturated heterocycles. The summed E-state index contributed by atoms with van der Waals surface area (Å²) in [6, 6.07) is 9.06. The smallest absolute Gasteiger partial charge is 0.270 e. The van der Waals surface area contributed by atoms with Crippen LogP contribution in [0, 0.1) is 17.0 Å². The number of fused-ring (bicyclic) bond motifs is 1. The molecule has 2 heterocycles. The zero-order valence-corrected chi connectivity index (χ0v) is 16.1. The topological polar surface area (TPSA) is 99.0 Å². The van der Waals surface area contributed by atoms with Crippen LogP contribution in [0.2, 0.25) is 0 Å². The molecule has 0 N–H and O–H groups in total. The van der Waals surface area contributed by atoms with Crippen LogP contribution in [0.4, 0.5) is 5.69 Å². The fourth-order valence-corrected chi connectivity index (χ4v) is 5.66. The van der Waals surface area contributed by atoms with Crippen LogP contribution in [0.25, 0.3) is 0 Å². The van der Waals surface area contributed by atoms with E-state index in [1.165, 1.54) is 16.4 Å². The molecule has 0 aromatic heterocycles. The first-order valence-electron chi connectivity index (χ1n) is 9.04. The van der Waals surface area contributed by atoms with Gasteiger partial charge in [0.05, 0.1) is 15.9 Å². The van der Waals surface area contributed by atoms with E-state index in [0.29, 0.717) is 49.7 Å². The SMILES string of the molecule is Cc1ccc([N+](=O)[O-])cc1S(=O)(=O)N1CCC[C@@H]1c1ccc2c(c1)OCCO2. The Bertz CT molecular complexity index is 1040. The molecule has 148 valence electrons. The van der Waals surface area contributed by atoms with Crippen LogP contribution in [0.1, 0.15) is 30.0 Å². The number of benzene rings is 2. The van der Waals surface area contributed by atoms with E-state index >= 15 is 0 Å². The fraction of sp³-hybridized carbons (Fsp3) is 0.368. The van der Waals surface area contributed by atoms with E-state index in [2.05, 4.69) is 0 Å². The van der Waals surface area contributed by atoms with Gasteiger partial charge in [-0.25, -0.2) is 8.42 Å². The van der Waals surface area contributed by atoms with Crippen molar-refractivity contribution in [3.63, 3.8) is 0 Å². The Hall–Kier alpha value is -2.65. The lowest BCUT2D eigenvalue weighted by atomic mass is 10.0. The third kappa shape index (κ3) is 3.20. The van der Waals surface area contributed by atoms with Crippen molar-refractivity contribution in [2.75, 3.05) is 19.8 Å². The second kappa shape index (κ2) is 7.06. The van der Waals surface area contributed by atoms with Gasteiger partial charge in [0, 0.05) is 18.7 Å². The minimum atomic E-state index is -3.89. The molecule has 0 radical (unpaired) electrons. The van der Waals surface area contributed by atoms with E-state index in [0.717, 1.165) is 11.6 Å². The van der Waals surface area contributed by atoms with E-state index in [4.69, 9.17) is 9.47 Å². The lowest BCUT2D eigenvalue weighted by Gasteiger charge is -2.26. The van der Waals surface area contributed by atoms with Crippen molar-refractivity contribution >= 4 is 15.7 Å². The minimum absolute atomic E-state index is 0.0221. The number of aryl methyl sites for hydroxylation is 1. The Morgan fingerprint density at radius 3 is 2.61 bits per heavy atom. The zero-order valence-electron chi connectivity index (χ0n) is 15.3. The highest BCUT2D eigenvalue weighted by Gasteiger charge is 2.38. The Labute approximate surface area is 162 Å². The van der Waals surface area contributed by atoms with Gasteiger partial charge in [-0.3, -0.25) is 10.1 Å². The molecule has 2 aliphatic heterocycles. The van der Waals surface area contributed by atoms with Crippen molar-refractivity contribution in [2.45, 2.75) is 30.7 Å². The van der Waals surface area contributed by atoms with Gasteiger partial charge in [0.15, 0.2) is 11.5 Å². The molecular weight excluding hydrogens is 384 g/mol. The Morgan fingerprint density at radius 1 is 1.11 bits per heavy atom. The second-order valence-corrected chi connectivity index (χ2v) is 8.74. The highest BCUT2D eigenvalue weighted by molar-refractivity contribution is 7.89. The molecule has 4 rings (SSSR count). The number of nitro benzene ring substituents is 1. The standard InChI is InChI=1S/C19H20N2O6S/c1-13-4-6-15(21(22)23)12-19(13)28(24,25)20-8-2-3-16(20)14-5-7-17-18(11-14)27-10-9-26-17/h4-7,11-12,16H,2-3,8-10H2,1H3/t16-/m1/s1. The van der Waals surface area contributed by atoms with E-state index in [1.54, 1.807) is 13.0 Å². The van der Waals surface area contributed by atoms with Crippen LogP contribution < -0.4 is 9.47 Å². The van der Waals surface area contributed by atoms with Gasteiger partial charge >= 0.3 is 0 Å². The van der Waals surface area contributed by atoms with Crippen LogP contribution in [-0.4, -0.2) is 37.4 Å². The molecule has 1 fully saturated rings. The zero-order chi connectivity index (χ0) is 19.9. The van der Waals surface area contributed by atoms with Crippen molar-refractivity contribution in [3.8, 4) is 11.5 Å². The number of nitrogens with zero attached hydrogens (tertiary/aromatic N) is 2. The summed E-state index contributed by atoms with van der Waals surface area (Å²) in [5, 5.41) is 11.1. The maximum absolute atomic E-state index is 13.3. The number of non-ortho nitro benzene ring substituents is 1. The summed E-state index contributed by atoms with van der Waals surface area (Å²) in [6.45, 7) is 2.95. The largest absolute Gasteiger partial charge is 0.486 e. The molecule has 2 aromatic carbocycles. The van der Waals surface area contributed by atoms with Crippen LogP contribution in [0.3, 0.4) is 0 Å². The van der Waals surface area contributed by atoms with Gasteiger partial charge in [-0.05, 0) is 43.0 Å². The molecule has 0 saturated carbocycles. The summed E-state index contributed by atoms with van der Waals surface area (Å²) in [4.78, 5) is 10.5. The molecule has 0 aliphatic carbocycles. The molecule has 1 atom stereocenters.